The highest BCUT2D eigenvalue weighted by Gasteiger charge is 2.10. The molecule has 0 bridgehead atoms. The summed E-state index contributed by atoms with van der Waals surface area (Å²) in [6, 6.07) is 11.3. The lowest BCUT2D eigenvalue weighted by Gasteiger charge is -2.10. The molecule has 0 spiro atoms. The molecule has 0 fully saturated rings. The number of carbonyl (C=O) groups is 1. The van der Waals surface area contributed by atoms with E-state index >= 15 is 0 Å². The molecule has 0 aliphatic carbocycles. The quantitative estimate of drug-likeness (QED) is 0.601. The van der Waals surface area contributed by atoms with Gasteiger partial charge in [0.1, 0.15) is 0 Å². The minimum atomic E-state index is -0.0319. The average Bonchev–Trinajstić information content (AvgIpc) is 2.42. The van der Waals surface area contributed by atoms with Crippen LogP contribution in [-0.2, 0) is 11.2 Å². The van der Waals surface area contributed by atoms with Gasteiger partial charge >= 0.3 is 0 Å². The van der Waals surface area contributed by atoms with Crippen LogP contribution in [0.3, 0.4) is 0 Å². The fourth-order valence-corrected chi connectivity index (χ4v) is 4.26. The lowest BCUT2D eigenvalue weighted by Crippen LogP contribution is -2.13. The zero-order chi connectivity index (χ0) is 15.4. The summed E-state index contributed by atoms with van der Waals surface area (Å²) in [5, 5.41) is 2.91. The second-order valence-corrected chi connectivity index (χ2v) is 7.16. The van der Waals surface area contributed by atoms with E-state index in [1.165, 1.54) is 0 Å². The first kappa shape index (κ1) is 16.5. The summed E-state index contributed by atoms with van der Waals surface area (Å²) >= 11 is 10.3. The van der Waals surface area contributed by atoms with E-state index < -0.39 is 0 Å². The molecular formula is C15H13Br3N2O. The van der Waals surface area contributed by atoms with Gasteiger partial charge in [-0.05, 0) is 68.1 Å². The number of benzene rings is 2. The first-order chi connectivity index (χ1) is 9.95. The molecule has 6 heteroatoms. The fraction of sp³-hybridized carbons (Fsp3) is 0.133. The molecule has 0 saturated heterocycles. The zero-order valence-electron chi connectivity index (χ0n) is 11.0. The van der Waals surface area contributed by atoms with E-state index in [1.54, 1.807) is 0 Å². The van der Waals surface area contributed by atoms with E-state index in [0.29, 0.717) is 12.8 Å². The lowest BCUT2D eigenvalue weighted by molar-refractivity contribution is -0.116. The Balaban J connectivity index is 1.97. The third-order valence-corrected chi connectivity index (χ3v) is 4.60. The van der Waals surface area contributed by atoms with E-state index in [2.05, 4.69) is 53.1 Å². The second kappa shape index (κ2) is 7.42. The number of amides is 1. The van der Waals surface area contributed by atoms with Crippen molar-refractivity contribution in [1.29, 1.82) is 0 Å². The Labute approximate surface area is 148 Å². The molecule has 3 N–H and O–H groups in total. The largest absolute Gasteiger partial charge is 0.399 e. The molecule has 2 rings (SSSR count). The summed E-state index contributed by atoms with van der Waals surface area (Å²) in [6.07, 6.45) is 1.09. The van der Waals surface area contributed by atoms with Crippen molar-refractivity contribution in [1.82, 2.24) is 0 Å². The van der Waals surface area contributed by atoms with Gasteiger partial charge in [-0.1, -0.05) is 28.1 Å². The smallest absolute Gasteiger partial charge is 0.224 e. The first-order valence-electron chi connectivity index (χ1n) is 6.24. The Hall–Kier alpha value is -0.850. The van der Waals surface area contributed by atoms with Gasteiger partial charge in [-0.2, -0.15) is 0 Å². The SMILES string of the molecule is Nc1ccc(CCC(=O)Nc2c(Br)cc(Br)cc2Br)cc1. The number of rotatable bonds is 4. The minimum absolute atomic E-state index is 0.0319. The normalized spacial score (nSPS) is 10.4. The van der Waals surface area contributed by atoms with Crippen LogP contribution in [0.4, 0.5) is 11.4 Å². The van der Waals surface area contributed by atoms with E-state index in [1.807, 2.05) is 36.4 Å². The Morgan fingerprint density at radius 2 is 1.62 bits per heavy atom. The number of hydrogen-bond donors (Lipinski definition) is 2. The van der Waals surface area contributed by atoms with Crippen LogP contribution < -0.4 is 11.1 Å². The number of nitrogens with one attached hydrogen (secondary N) is 1. The molecule has 0 radical (unpaired) electrons. The van der Waals surface area contributed by atoms with Gasteiger partial charge in [0.25, 0.3) is 0 Å². The number of halogens is 3. The summed E-state index contributed by atoms with van der Waals surface area (Å²) in [7, 11) is 0. The predicted octanol–water partition coefficient (Wildman–Crippen LogP) is 5.13. The van der Waals surface area contributed by atoms with Crippen LogP contribution >= 0.6 is 47.8 Å². The highest BCUT2D eigenvalue weighted by atomic mass is 79.9. The molecule has 0 atom stereocenters. The molecule has 1 amide bonds. The maximum Gasteiger partial charge on any atom is 0.224 e. The van der Waals surface area contributed by atoms with Crippen molar-refractivity contribution in [2.45, 2.75) is 12.8 Å². The average molecular weight is 477 g/mol. The lowest BCUT2D eigenvalue weighted by atomic mass is 10.1. The van der Waals surface area contributed by atoms with Gasteiger partial charge in [0.2, 0.25) is 5.91 Å². The van der Waals surface area contributed by atoms with Crippen LogP contribution in [0.15, 0.2) is 49.8 Å². The monoisotopic (exact) mass is 474 g/mol. The summed E-state index contributed by atoms with van der Waals surface area (Å²) in [4.78, 5) is 12.1. The molecule has 2 aromatic carbocycles. The number of nitrogens with two attached hydrogens (primary N) is 1. The van der Waals surface area contributed by atoms with E-state index in [4.69, 9.17) is 5.73 Å². The number of carbonyl (C=O) groups excluding carboxylic acids is 1. The topological polar surface area (TPSA) is 55.1 Å². The van der Waals surface area contributed by atoms with Gasteiger partial charge in [0, 0.05) is 25.5 Å². The summed E-state index contributed by atoms with van der Waals surface area (Å²) in [5.74, 6) is -0.0319. The van der Waals surface area contributed by atoms with Crippen molar-refractivity contribution in [2.24, 2.45) is 0 Å². The van der Waals surface area contributed by atoms with Gasteiger partial charge in [0.15, 0.2) is 0 Å². The van der Waals surface area contributed by atoms with Crippen LogP contribution in [0.5, 0.6) is 0 Å². The van der Waals surface area contributed by atoms with Gasteiger partial charge in [-0.3, -0.25) is 4.79 Å². The van der Waals surface area contributed by atoms with Crippen LogP contribution in [0.1, 0.15) is 12.0 Å². The maximum atomic E-state index is 12.1. The number of hydrogen-bond acceptors (Lipinski definition) is 2. The summed E-state index contributed by atoms with van der Waals surface area (Å²) in [6.45, 7) is 0. The summed E-state index contributed by atoms with van der Waals surface area (Å²) < 4.78 is 2.58. The van der Waals surface area contributed by atoms with Crippen LogP contribution in [-0.4, -0.2) is 5.91 Å². The molecule has 3 nitrogen and oxygen atoms in total. The van der Waals surface area contributed by atoms with Crippen molar-refractivity contribution in [3.05, 3.63) is 55.4 Å². The third-order valence-electron chi connectivity index (χ3n) is 2.89. The third kappa shape index (κ3) is 4.83. The Bertz CT molecular complexity index is 633. The van der Waals surface area contributed by atoms with Crippen LogP contribution in [0, 0.1) is 0 Å². The first-order valence-corrected chi connectivity index (χ1v) is 8.62. The predicted molar refractivity (Wildman–Crippen MR) is 97.3 cm³/mol. The number of anilines is 2. The Kier molecular flexibility index (Phi) is 5.84. The highest BCUT2D eigenvalue weighted by Crippen LogP contribution is 2.34. The minimum Gasteiger partial charge on any atom is -0.399 e. The molecule has 0 saturated carbocycles. The van der Waals surface area contributed by atoms with Gasteiger partial charge in [-0.15, -0.1) is 0 Å². The van der Waals surface area contributed by atoms with E-state index in [-0.39, 0.29) is 5.91 Å². The zero-order valence-corrected chi connectivity index (χ0v) is 15.8. The van der Waals surface area contributed by atoms with Gasteiger partial charge < -0.3 is 11.1 Å². The highest BCUT2D eigenvalue weighted by molar-refractivity contribution is 9.11. The molecule has 0 unspecified atom stereocenters. The van der Waals surface area contributed by atoms with Gasteiger partial charge in [0.05, 0.1) is 5.69 Å². The van der Waals surface area contributed by atoms with Crippen molar-refractivity contribution >= 4 is 65.1 Å². The standard InChI is InChI=1S/C15H13Br3N2O/c16-10-7-12(17)15(13(18)8-10)20-14(21)6-3-9-1-4-11(19)5-2-9/h1-2,4-5,7-8H,3,6,19H2,(H,20,21). The molecule has 0 aliphatic rings. The summed E-state index contributed by atoms with van der Waals surface area (Å²) in [5.41, 5.74) is 8.19. The molecule has 0 aromatic heterocycles. The molecule has 21 heavy (non-hydrogen) atoms. The Morgan fingerprint density at radius 3 is 2.19 bits per heavy atom. The number of aryl methyl sites for hydroxylation is 1. The van der Waals surface area contributed by atoms with Crippen molar-refractivity contribution < 1.29 is 4.79 Å². The van der Waals surface area contributed by atoms with Crippen molar-refractivity contribution in [3.8, 4) is 0 Å². The van der Waals surface area contributed by atoms with Gasteiger partial charge in [-0.25, -0.2) is 0 Å². The molecule has 110 valence electrons. The molecule has 2 aromatic rings. The van der Waals surface area contributed by atoms with Crippen LogP contribution in [0.2, 0.25) is 0 Å². The Morgan fingerprint density at radius 1 is 1.05 bits per heavy atom. The second-order valence-electron chi connectivity index (χ2n) is 4.53. The molecular weight excluding hydrogens is 464 g/mol. The van der Waals surface area contributed by atoms with Crippen LogP contribution in [0.25, 0.3) is 0 Å². The van der Waals surface area contributed by atoms with E-state index in [9.17, 15) is 4.79 Å². The van der Waals surface area contributed by atoms with Crippen molar-refractivity contribution in [2.75, 3.05) is 11.1 Å². The maximum absolute atomic E-state index is 12.1. The van der Waals surface area contributed by atoms with Crippen molar-refractivity contribution in [3.63, 3.8) is 0 Å². The molecule has 0 heterocycles. The molecule has 0 aliphatic heterocycles. The fourth-order valence-electron chi connectivity index (χ4n) is 1.81. The number of nitrogen functional groups attached to an aromatic ring is 1. The van der Waals surface area contributed by atoms with E-state index in [0.717, 1.165) is 30.4 Å².